The van der Waals surface area contributed by atoms with Gasteiger partial charge in [-0.05, 0) is 42.0 Å². The van der Waals surface area contributed by atoms with Crippen LogP contribution in [0.4, 0.5) is 5.13 Å². The first-order valence-corrected chi connectivity index (χ1v) is 12.5. The van der Waals surface area contributed by atoms with Crippen LogP contribution in [0.1, 0.15) is 28.1 Å². The van der Waals surface area contributed by atoms with E-state index in [4.69, 9.17) is 23.2 Å². The summed E-state index contributed by atoms with van der Waals surface area (Å²) < 4.78 is 0.694. The third-order valence-electron chi connectivity index (χ3n) is 4.59. The molecule has 30 heavy (non-hydrogen) atoms. The van der Waals surface area contributed by atoms with E-state index in [0.29, 0.717) is 43.1 Å². The van der Waals surface area contributed by atoms with E-state index in [2.05, 4.69) is 15.5 Å². The molecule has 6 nitrogen and oxygen atoms in total. The van der Waals surface area contributed by atoms with Gasteiger partial charge in [0.1, 0.15) is 6.04 Å². The van der Waals surface area contributed by atoms with E-state index >= 15 is 0 Å². The first kappa shape index (κ1) is 21.6. The molecule has 1 fully saturated rings. The van der Waals surface area contributed by atoms with Gasteiger partial charge in [0.15, 0.2) is 4.34 Å². The van der Waals surface area contributed by atoms with Crippen LogP contribution >= 0.6 is 57.6 Å². The smallest absolute Gasteiger partial charge is 0.264 e. The Morgan fingerprint density at radius 1 is 1.20 bits per heavy atom. The highest BCUT2D eigenvalue weighted by atomic mass is 35.5. The van der Waals surface area contributed by atoms with Crippen molar-refractivity contribution in [3.63, 3.8) is 0 Å². The standard InChI is InChI=1S/C19H16Cl2N4O2S3/c20-12-4-1-5-13(21)11(12)10-29-19-24-23-18(30-19)22-16(26)14-6-2-8-25(14)17(27)15-7-3-9-28-15/h1,3-5,7,9,14H,2,6,8,10H2,(H,22,23,26). The lowest BCUT2D eigenvalue weighted by Crippen LogP contribution is -2.42. The summed E-state index contributed by atoms with van der Waals surface area (Å²) in [5.41, 5.74) is 0.834. The monoisotopic (exact) mass is 498 g/mol. The number of benzene rings is 1. The van der Waals surface area contributed by atoms with Crippen LogP contribution in [0.25, 0.3) is 0 Å². The molecule has 1 atom stereocenters. The van der Waals surface area contributed by atoms with Crippen molar-refractivity contribution in [2.75, 3.05) is 11.9 Å². The van der Waals surface area contributed by atoms with E-state index in [1.54, 1.807) is 29.2 Å². The molecule has 1 aliphatic heterocycles. The number of anilines is 1. The lowest BCUT2D eigenvalue weighted by molar-refractivity contribution is -0.119. The Kier molecular flexibility index (Phi) is 6.94. The van der Waals surface area contributed by atoms with Gasteiger partial charge in [-0.2, -0.15) is 0 Å². The summed E-state index contributed by atoms with van der Waals surface area (Å²) in [6.07, 6.45) is 1.43. The van der Waals surface area contributed by atoms with Gasteiger partial charge < -0.3 is 4.90 Å². The second kappa shape index (κ2) is 9.65. The molecule has 11 heteroatoms. The number of amides is 2. The first-order chi connectivity index (χ1) is 14.5. The van der Waals surface area contributed by atoms with Gasteiger partial charge in [-0.1, -0.05) is 58.4 Å². The third kappa shape index (κ3) is 4.81. The van der Waals surface area contributed by atoms with Crippen LogP contribution in [0.5, 0.6) is 0 Å². The Morgan fingerprint density at radius 3 is 2.73 bits per heavy atom. The molecule has 1 unspecified atom stereocenters. The zero-order chi connectivity index (χ0) is 21.1. The number of thiophene rings is 1. The lowest BCUT2D eigenvalue weighted by atomic mass is 10.2. The molecule has 3 aromatic rings. The largest absolute Gasteiger partial charge is 0.326 e. The van der Waals surface area contributed by atoms with Gasteiger partial charge in [0.25, 0.3) is 5.91 Å². The second-order valence-electron chi connectivity index (χ2n) is 6.49. The summed E-state index contributed by atoms with van der Waals surface area (Å²) in [5, 5.41) is 14.4. The van der Waals surface area contributed by atoms with E-state index in [0.717, 1.165) is 12.0 Å². The van der Waals surface area contributed by atoms with Crippen LogP contribution in [0.15, 0.2) is 40.1 Å². The molecule has 2 amide bonds. The number of hydrogen-bond donors (Lipinski definition) is 1. The highest BCUT2D eigenvalue weighted by Gasteiger charge is 2.35. The number of thioether (sulfide) groups is 1. The SMILES string of the molecule is O=C(Nc1nnc(SCc2c(Cl)cccc2Cl)s1)C1CCCN1C(=O)c1cccs1. The second-order valence-corrected chi connectivity index (χ2v) is 10.4. The van der Waals surface area contributed by atoms with Crippen molar-refractivity contribution in [3.8, 4) is 0 Å². The molecule has 3 heterocycles. The summed E-state index contributed by atoms with van der Waals surface area (Å²) >= 11 is 16.5. The molecule has 0 aliphatic carbocycles. The van der Waals surface area contributed by atoms with E-state index < -0.39 is 6.04 Å². The van der Waals surface area contributed by atoms with Crippen LogP contribution in [0, 0.1) is 0 Å². The molecule has 2 aromatic heterocycles. The van der Waals surface area contributed by atoms with Crippen molar-refractivity contribution in [2.45, 2.75) is 29.0 Å². The minimum absolute atomic E-state index is 0.104. The van der Waals surface area contributed by atoms with Gasteiger partial charge >= 0.3 is 0 Å². The van der Waals surface area contributed by atoms with Crippen LogP contribution in [0.2, 0.25) is 10.0 Å². The van der Waals surface area contributed by atoms with Gasteiger partial charge in [-0.15, -0.1) is 21.5 Å². The fourth-order valence-corrected chi connectivity index (χ4v) is 6.31. The topological polar surface area (TPSA) is 75.2 Å². The normalized spacial score (nSPS) is 16.1. The number of halogens is 2. The maximum absolute atomic E-state index is 12.8. The van der Waals surface area contributed by atoms with Crippen LogP contribution < -0.4 is 5.32 Å². The van der Waals surface area contributed by atoms with Crippen molar-refractivity contribution in [3.05, 3.63) is 56.2 Å². The van der Waals surface area contributed by atoms with E-state index in [1.165, 1.54) is 34.4 Å². The molecule has 0 bridgehead atoms. The van der Waals surface area contributed by atoms with Gasteiger partial charge in [0.05, 0.1) is 4.88 Å². The third-order valence-corrected chi connectivity index (χ3v) is 8.15. The van der Waals surface area contributed by atoms with Crippen molar-refractivity contribution >= 4 is 74.6 Å². The summed E-state index contributed by atoms with van der Waals surface area (Å²) in [6, 6.07) is 8.49. The minimum Gasteiger partial charge on any atom is -0.326 e. The maximum Gasteiger partial charge on any atom is 0.264 e. The Bertz CT molecular complexity index is 1040. The van der Waals surface area contributed by atoms with E-state index in [-0.39, 0.29) is 11.8 Å². The average Bonchev–Trinajstić information content (AvgIpc) is 3.48. The van der Waals surface area contributed by atoms with Crippen LogP contribution in [0.3, 0.4) is 0 Å². The molecule has 1 aromatic carbocycles. The van der Waals surface area contributed by atoms with Crippen molar-refractivity contribution in [2.24, 2.45) is 0 Å². The Labute approximate surface area is 195 Å². The number of rotatable bonds is 6. The van der Waals surface area contributed by atoms with Crippen molar-refractivity contribution < 1.29 is 9.59 Å². The number of nitrogens with zero attached hydrogens (tertiary/aromatic N) is 3. The van der Waals surface area contributed by atoms with Crippen LogP contribution in [-0.4, -0.2) is 39.5 Å². The van der Waals surface area contributed by atoms with Gasteiger partial charge in [0, 0.05) is 22.3 Å². The van der Waals surface area contributed by atoms with E-state index in [1.807, 2.05) is 11.4 Å². The van der Waals surface area contributed by atoms with Crippen LogP contribution in [-0.2, 0) is 10.5 Å². The molecule has 0 spiro atoms. The average molecular weight is 499 g/mol. The highest BCUT2D eigenvalue weighted by molar-refractivity contribution is 8.00. The summed E-state index contributed by atoms with van der Waals surface area (Å²) in [6.45, 7) is 0.574. The fourth-order valence-electron chi connectivity index (χ4n) is 3.14. The zero-order valence-corrected chi connectivity index (χ0v) is 19.5. The Balaban J connectivity index is 1.37. The van der Waals surface area contributed by atoms with E-state index in [9.17, 15) is 9.59 Å². The fraction of sp³-hybridized carbons (Fsp3) is 0.263. The number of hydrogen-bond acceptors (Lipinski definition) is 7. The molecule has 4 rings (SSSR count). The predicted octanol–water partition coefficient (Wildman–Crippen LogP) is 5.44. The van der Waals surface area contributed by atoms with Gasteiger partial charge in [-0.25, -0.2) is 0 Å². The van der Waals surface area contributed by atoms with Gasteiger partial charge in [-0.3, -0.25) is 14.9 Å². The molecular formula is C19H16Cl2N4O2S3. The molecule has 1 saturated heterocycles. The quantitative estimate of drug-likeness (QED) is 0.361. The molecule has 0 radical (unpaired) electrons. The number of likely N-dealkylation sites (tertiary alicyclic amines) is 1. The molecule has 1 aliphatic rings. The summed E-state index contributed by atoms with van der Waals surface area (Å²) in [7, 11) is 0. The summed E-state index contributed by atoms with van der Waals surface area (Å²) in [5.74, 6) is 0.208. The number of carbonyl (C=O) groups is 2. The Morgan fingerprint density at radius 2 is 2.00 bits per heavy atom. The maximum atomic E-state index is 12.8. The number of aromatic nitrogens is 2. The minimum atomic E-state index is -0.499. The molecular weight excluding hydrogens is 483 g/mol. The molecule has 156 valence electrons. The molecule has 0 saturated carbocycles. The summed E-state index contributed by atoms with van der Waals surface area (Å²) in [4.78, 5) is 27.7. The van der Waals surface area contributed by atoms with Gasteiger partial charge in [0.2, 0.25) is 11.0 Å². The lowest BCUT2D eigenvalue weighted by Gasteiger charge is -2.22. The highest BCUT2D eigenvalue weighted by Crippen LogP contribution is 2.34. The van der Waals surface area contributed by atoms with Crippen molar-refractivity contribution in [1.82, 2.24) is 15.1 Å². The first-order valence-electron chi connectivity index (χ1n) is 9.07. The molecule has 1 N–H and O–H groups in total. The predicted molar refractivity (Wildman–Crippen MR) is 123 cm³/mol. The van der Waals surface area contributed by atoms with Crippen molar-refractivity contribution in [1.29, 1.82) is 0 Å². The number of carbonyl (C=O) groups excluding carboxylic acids is 2. The zero-order valence-electron chi connectivity index (χ0n) is 15.5. The number of nitrogens with one attached hydrogen (secondary N) is 1. The Hall–Kier alpha value is -1.65.